The number of fused-ring (bicyclic) bond motifs is 1. The molecule has 2 N–H and O–H groups in total. The first-order valence-corrected chi connectivity index (χ1v) is 12.3. The van der Waals surface area contributed by atoms with Crippen molar-refractivity contribution in [1.82, 2.24) is 14.9 Å². The van der Waals surface area contributed by atoms with Gasteiger partial charge < -0.3 is 20.1 Å². The Kier molecular flexibility index (Phi) is 8.05. The van der Waals surface area contributed by atoms with Crippen LogP contribution in [0.25, 0.3) is 16.6 Å². The third kappa shape index (κ3) is 5.44. The van der Waals surface area contributed by atoms with Gasteiger partial charge >= 0.3 is 0 Å². The quantitative estimate of drug-likeness (QED) is 0.438. The molecule has 8 heteroatoms. The maximum Gasteiger partial charge on any atom is 0.124 e. The van der Waals surface area contributed by atoms with E-state index < -0.39 is 0 Å². The number of benzene rings is 2. The lowest BCUT2D eigenvalue weighted by Crippen LogP contribution is -2.38. The zero-order chi connectivity index (χ0) is 25.7. The first-order valence-electron chi connectivity index (χ1n) is 12.3. The minimum atomic E-state index is 0.577. The van der Waals surface area contributed by atoms with Crippen LogP contribution in [0.3, 0.4) is 0 Å². The van der Waals surface area contributed by atoms with Crippen LogP contribution in [0.1, 0.15) is 32.4 Å². The molecule has 8 nitrogen and oxygen atoms in total. The number of aliphatic imine (C=N–C) groups is 1. The number of methoxy groups -OCH3 is 2. The summed E-state index contributed by atoms with van der Waals surface area (Å²) in [5.74, 6) is 1.49. The molecule has 1 fully saturated rings. The molecular formula is C28H36N6O2. The van der Waals surface area contributed by atoms with Crippen LogP contribution in [-0.2, 0) is 0 Å². The van der Waals surface area contributed by atoms with E-state index in [4.69, 9.17) is 20.2 Å². The third-order valence-electron chi connectivity index (χ3n) is 6.95. The van der Waals surface area contributed by atoms with Gasteiger partial charge in [-0.3, -0.25) is 14.9 Å². The van der Waals surface area contributed by atoms with Gasteiger partial charge in [-0.15, -0.1) is 0 Å². The molecule has 0 bridgehead atoms. The molecule has 2 heterocycles. The number of hydrogen-bond donors (Lipinski definition) is 1. The Morgan fingerprint density at radius 1 is 1.06 bits per heavy atom. The summed E-state index contributed by atoms with van der Waals surface area (Å²) < 4.78 is 11.1. The summed E-state index contributed by atoms with van der Waals surface area (Å²) in [6, 6.07) is 13.3. The standard InChI is InChI=1S/C28H36N6O2/c1-19-6-7-20(2)33(19)10-11-34(23-12-24(35-4)15-25(13-23)36-5)22-8-9-26-27(14-22)32-28(18-31-26)21(16-29)17-30-3/h8-9,12-20H,6-7,10-11,29H2,1-5H3/t19-,20+. The number of nitrogens with zero attached hydrogens (tertiary/aromatic N) is 5. The Labute approximate surface area is 213 Å². The number of likely N-dealkylation sites (tertiary alicyclic amines) is 1. The number of aromatic nitrogens is 2. The lowest BCUT2D eigenvalue weighted by molar-refractivity contribution is 0.220. The summed E-state index contributed by atoms with van der Waals surface area (Å²) in [5.41, 5.74) is 10.8. The molecule has 0 unspecified atom stereocenters. The van der Waals surface area contributed by atoms with Crippen molar-refractivity contribution in [2.45, 2.75) is 38.8 Å². The molecule has 2 aromatic carbocycles. The van der Waals surface area contributed by atoms with E-state index in [1.807, 2.05) is 24.3 Å². The number of ether oxygens (including phenoxy) is 2. The van der Waals surface area contributed by atoms with Crippen LogP contribution in [0.2, 0.25) is 0 Å². The van der Waals surface area contributed by atoms with Crippen molar-refractivity contribution in [2.24, 2.45) is 10.7 Å². The molecule has 0 aliphatic carbocycles. The van der Waals surface area contributed by atoms with Crippen LogP contribution in [-0.4, -0.2) is 67.5 Å². The van der Waals surface area contributed by atoms with Gasteiger partial charge in [-0.05, 0) is 44.9 Å². The maximum atomic E-state index is 5.81. The average Bonchev–Trinajstić information content (AvgIpc) is 3.23. The SMILES string of the molecule is CN=CC(=CN)c1cnc2ccc(N(CCN3[C@H](C)CC[C@@H]3C)c3cc(OC)cc(OC)c3)cc2n1. The van der Waals surface area contributed by atoms with Crippen molar-refractivity contribution < 1.29 is 9.47 Å². The zero-order valence-electron chi connectivity index (χ0n) is 21.8. The Hall–Kier alpha value is -3.65. The molecule has 36 heavy (non-hydrogen) atoms. The smallest absolute Gasteiger partial charge is 0.124 e. The van der Waals surface area contributed by atoms with Crippen molar-refractivity contribution in [3.8, 4) is 11.5 Å². The first kappa shape index (κ1) is 25.4. The Balaban J connectivity index is 1.76. The van der Waals surface area contributed by atoms with Gasteiger partial charge in [-0.2, -0.15) is 0 Å². The van der Waals surface area contributed by atoms with Crippen LogP contribution in [0, 0.1) is 0 Å². The van der Waals surface area contributed by atoms with E-state index in [-0.39, 0.29) is 0 Å². The molecule has 1 aliphatic heterocycles. The largest absolute Gasteiger partial charge is 0.497 e. The van der Waals surface area contributed by atoms with E-state index in [0.29, 0.717) is 17.8 Å². The molecule has 0 radical (unpaired) electrons. The summed E-state index contributed by atoms with van der Waals surface area (Å²) in [5, 5.41) is 0. The minimum absolute atomic E-state index is 0.577. The summed E-state index contributed by atoms with van der Waals surface area (Å²) in [6.07, 6.45) is 7.39. The second-order valence-corrected chi connectivity index (χ2v) is 9.17. The van der Waals surface area contributed by atoms with Crippen LogP contribution < -0.4 is 20.1 Å². The number of allylic oxidation sites excluding steroid dienone is 1. The average molecular weight is 489 g/mol. The molecule has 190 valence electrons. The van der Waals surface area contributed by atoms with E-state index >= 15 is 0 Å². The van der Waals surface area contributed by atoms with Gasteiger partial charge in [0, 0.05) is 79.8 Å². The van der Waals surface area contributed by atoms with Gasteiger partial charge in [-0.1, -0.05) is 0 Å². The molecule has 3 aromatic rings. The maximum absolute atomic E-state index is 5.81. The molecule has 0 amide bonds. The lowest BCUT2D eigenvalue weighted by atomic mass is 10.1. The predicted octanol–water partition coefficient (Wildman–Crippen LogP) is 4.66. The molecule has 1 aliphatic rings. The van der Waals surface area contributed by atoms with E-state index in [0.717, 1.165) is 52.6 Å². The van der Waals surface area contributed by atoms with Crippen LogP contribution in [0.4, 0.5) is 11.4 Å². The fourth-order valence-electron chi connectivity index (χ4n) is 4.90. The minimum Gasteiger partial charge on any atom is -0.497 e. The molecule has 1 aromatic heterocycles. The predicted molar refractivity (Wildman–Crippen MR) is 148 cm³/mol. The second kappa shape index (κ2) is 11.4. The van der Waals surface area contributed by atoms with E-state index in [9.17, 15) is 0 Å². The van der Waals surface area contributed by atoms with E-state index in [1.165, 1.54) is 19.0 Å². The van der Waals surface area contributed by atoms with Crippen molar-refractivity contribution in [1.29, 1.82) is 0 Å². The van der Waals surface area contributed by atoms with Gasteiger partial charge in [-0.25, -0.2) is 4.98 Å². The van der Waals surface area contributed by atoms with E-state index in [1.54, 1.807) is 33.7 Å². The van der Waals surface area contributed by atoms with Crippen molar-refractivity contribution >= 4 is 34.2 Å². The molecule has 4 rings (SSSR count). The van der Waals surface area contributed by atoms with E-state index in [2.05, 4.69) is 45.8 Å². The molecule has 0 saturated carbocycles. The Morgan fingerprint density at radius 3 is 2.36 bits per heavy atom. The van der Waals surface area contributed by atoms with Crippen LogP contribution in [0.5, 0.6) is 11.5 Å². The Morgan fingerprint density at radius 2 is 1.75 bits per heavy atom. The topological polar surface area (TPSA) is 89.1 Å². The van der Waals surface area contributed by atoms with Gasteiger partial charge in [0.2, 0.25) is 0 Å². The number of nitrogens with two attached hydrogens (primary N) is 1. The van der Waals surface area contributed by atoms with Gasteiger partial charge in [0.05, 0.1) is 37.1 Å². The summed E-state index contributed by atoms with van der Waals surface area (Å²) >= 11 is 0. The lowest BCUT2D eigenvalue weighted by Gasteiger charge is -2.31. The van der Waals surface area contributed by atoms with Crippen LogP contribution in [0.15, 0.2) is 53.8 Å². The summed E-state index contributed by atoms with van der Waals surface area (Å²) in [4.78, 5) is 18.4. The number of hydrogen-bond acceptors (Lipinski definition) is 8. The number of anilines is 2. The molecular weight excluding hydrogens is 452 g/mol. The van der Waals surface area contributed by atoms with Gasteiger partial charge in [0.15, 0.2) is 0 Å². The highest BCUT2D eigenvalue weighted by Crippen LogP contribution is 2.34. The number of rotatable bonds is 9. The first-order chi connectivity index (χ1) is 17.5. The molecule has 0 spiro atoms. The fraction of sp³-hybridized carbons (Fsp3) is 0.393. The third-order valence-corrected chi connectivity index (χ3v) is 6.95. The highest BCUT2D eigenvalue weighted by Gasteiger charge is 2.27. The Bertz CT molecular complexity index is 1230. The molecule has 2 atom stereocenters. The van der Waals surface area contributed by atoms with Gasteiger partial charge in [0.25, 0.3) is 0 Å². The zero-order valence-corrected chi connectivity index (χ0v) is 21.8. The normalized spacial score (nSPS) is 18.8. The molecule has 1 saturated heterocycles. The highest BCUT2D eigenvalue weighted by molar-refractivity contribution is 6.09. The second-order valence-electron chi connectivity index (χ2n) is 9.17. The van der Waals surface area contributed by atoms with Gasteiger partial charge in [0.1, 0.15) is 11.5 Å². The monoisotopic (exact) mass is 488 g/mol. The fourth-order valence-corrected chi connectivity index (χ4v) is 4.90. The summed E-state index contributed by atoms with van der Waals surface area (Å²) in [7, 11) is 5.05. The van der Waals surface area contributed by atoms with Crippen molar-refractivity contribution in [2.75, 3.05) is 39.3 Å². The van der Waals surface area contributed by atoms with Crippen molar-refractivity contribution in [3.05, 3.63) is 54.5 Å². The summed E-state index contributed by atoms with van der Waals surface area (Å²) in [6.45, 7) is 6.38. The van der Waals surface area contributed by atoms with Crippen LogP contribution >= 0.6 is 0 Å². The highest BCUT2D eigenvalue weighted by atomic mass is 16.5. The van der Waals surface area contributed by atoms with Crippen molar-refractivity contribution in [3.63, 3.8) is 0 Å².